The van der Waals surface area contributed by atoms with E-state index in [1.807, 2.05) is 28.8 Å². The number of hydrogen-bond donors (Lipinski definition) is 0. The molecule has 1 aromatic heterocycles. The van der Waals surface area contributed by atoms with Gasteiger partial charge in [-0.25, -0.2) is 0 Å². The van der Waals surface area contributed by atoms with E-state index in [0.29, 0.717) is 33.8 Å². The lowest BCUT2D eigenvalue weighted by Gasteiger charge is -2.07. The summed E-state index contributed by atoms with van der Waals surface area (Å²) >= 11 is 9.28. The molecule has 3 rings (SSSR count). The van der Waals surface area contributed by atoms with E-state index in [2.05, 4.69) is 22.0 Å². The molecular weight excluding hydrogens is 404 g/mol. The van der Waals surface area contributed by atoms with Gasteiger partial charge in [-0.05, 0) is 40.2 Å². The fourth-order valence-corrected chi connectivity index (χ4v) is 3.43. The summed E-state index contributed by atoms with van der Waals surface area (Å²) in [6.07, 6.45) is 2.19. The van der Waals surface area contributed by atoms with Gasteiger partial charge in [0.2, 0.25) is 5.78 Å². The van der Waals surface area contributed by atoms with Crippen molar-refractivity contribution in [1.29, 1.82) is 5.26 Å². The monoisotopic (exact) mass is 416 g/mol. The van der Waals surface area contributed by atoms with Gasteiger partial charge in [0.1, 0.15) is 5.75 Å². The molecule has 0 atom stereocenters. The van der Waals surface area contributed by atoms with Crippen LogP contribution in [0.1, 0.15) is 16.8 Å². The topological polar surface area (TPSA) is 55.0 Å². The highest BCUT2D eigenvalue weighted by Gasteiger charge is 2.16. The SMILES string of the molecule is N#CCCn1cc(C(=O)COc2ccc(Cl)cc2Br)c2ccccc21. The van der Waals surface area contributed by atoms with E-state index in [1.165, 1.54) is 0 Å². The Kier molecular flexibility index (Phi) is 5.42. The van der Waals surface area contributed by atoms with Crippen LogP contribution in [-0.2, 0) is 6.54 Å². The zero-order valence-corrected chi connectivity index (χ0v) is 15.5. The van der Waals surface area contributed by atoms with Gasteiger partial charge in [0.05, 0.1) is 17.0 Å². The number of Topliss-reactive ketones (excluding diaryl/α,β-unsaturated/α-hetero) is 1. The molecule has 0 bridgehead atoms. The van der Waals surface area contributed by atoms with Crippen molar-refractivity contribution < 1.29 is 9.53 Å². The van der Waals surface area contributed by atoms with Gasteiger partial charge >= 0.3 is 0 Å². The Morgan fingerprint density at radius 2 is 2.08 bits per heavy atom. The Morgan fingerprint density at radius 1 is 1.28 bits per heavy atom. The van der Waals surface area contributed by atoms with Gasteiger partial charge in [0, 0.05) is 34.2 Å². The third-order valence-electron chi connectivity index (χ3n) is 3.81. The number of nitrogens with zero attached hydrogens (tertiary/aromatic N) is 2. The van der Waals surface area contributed by atoms with Gasteiger partial charge in [-0.3, -0.25) is 4.79 Å². The number of ketones is 1. The van der Waals surface area contributed by atoms with Gasteiger partial charge in [0.25, 0.3) is 0 Å². The van der Waals surface area contributed by atoms with E-state index in [4.69, 9.17) is 21.6 Å². The summed E-state index contributed by atoms with van der Waals surface area (Å²) in [6, 6.07) is 14.9. The quantitative estimate of drug-likeness (QED) is 0.516. The summed E-state index contributed by atoms with van der Waals surface area (Å²) in [7, 11) is 0. The van der Waals surface area contributed by atoms with E-state index in [0.717, 1.165) is 10.9 Å². The van der Waals surface area contributed by atoms with Crippen molar-refractivity contribution in [2.75, 3.05) is 6.61 Å². The zero-order valence-electron chi connectivity index (χ0n) is 13.2. The van der Waals surface area contributed by atoms with Crippen molar-refractivity contribution in [3.8, 4) is 11.8 Å². The molecule has 0 aliphatic rings. The van der Waals surface area contributed by atoms with E-state index >= 15 is 0 Å². The van der Waals surface area contributed by atoms with E-state index in [-0.39, 0.29) is 12.4 Å². The number of carbonyl (C=O) groups is 1. The van der Waals surface area contributed by atoms with Crippen molar-refractivity contribution in [2.24, 2.45) is 0 Å². The van der Waals surface area contributed by atoms with Crippen molar-refractivity contribution in [2.45, 2.75) is 13.0 Å². The molecule has 0 spiro atoms. The number of carbonyl (C=O) groups excluding carboxylic acids is 1. The molecule has 0 aliphatic carbocycles. The largest absolute Gasteiger partial charge is 0.484 e. The van der Waals surface area contributed by atoms with Crippen molar-refractivity contribution >= 4 is 44.2 Å². The number of fused-ring (bicyclic) bond motifs is 1. The minimum atomic E-state index is -0.117. The zero-order chi connectivity index (χ0) is 17.8. The molecule has 0 saturated carbocycles. The molecule has 0 fully saturated rings. The van der Waals surface area contributed by atoms with Gasteiger partial charge in [-0.2, -0.15) is 5.26 Å². The van der Waals surface area contributed by atoms with Crippen molar-refractivity contribution in [1.82, 2.24) is 4.57 Å². The van der Waals surface area contributed by atoms with E-state index in [1.54, 1.807) is 24.4 Å². The van der Waals surface area contributed by atoms with Gasteiger partial charge in [0.15, 0.2) is 6.61 Å². The molecule has 4 nitrogen and oxygen atoms in total. The maximum absolute atomic E-state index is 12.7. The minimum absolute atomic E-state index is 0.0769. The molecule has 25 heavy (non-hydrogen) atoms. The number of halogens is 2. The van der Waals surface area contributed by atoms with Crippen molar-refractivity contribution in [3.63, 3.8) is 0 Å². The molecule has 0 amide bonds. The highest BCUT2D eigenvalue weighted by molar-refractivity contribution is 9.10. The first-order valence-electron chi connectivity index (χ1n) is 7.66. The van der Waals surface area contributed by atoms with Crippen LogP contribution in [0.4, 0.5) is 0 Å². The fraction of sp³-hybridized carbons (Fsp3) is 0.158. The lowest BCUT2D eigenvalue weighted by atomic mass is 10.1. The van der Waals surface area contributed by atoms with Crippen molar-refractivity contribution in [3.05, 3.63) is 63.7 Å². The van der Waals surface area contributed by atoms with Crippen LogP contribution in [0.3, 0.4) is 0 Å². The lowest BCUT2D eigenvalue weighted by molar-refractivity contribution is 0.0922. The molecule has 0 unspecified atom stereocenters. The summed E-state index contributed by atoms with van der Waals surface area (Å²) < 4.78 is 8.26. The maximum Gasteiger partial charge on any atom is 0.202 e. The summed E-state index contributed by atoms with van der Waals surface area (Å²) in [5.41, 5.74) is 1.53. The highest BCUT2D eigenvalue weighted by Crippen LogP contribution is 2.28. The third-order valence-corrected chi connectivity index (χ3v) is 4.66. The van der Waals surface area contributed by atoms with Crippen LogP contribution in [0, 0.1) is 11.3 Å². The second-order valence-corrected chi connectivity index (χ2v) is 6.74. The number of benzene rings is 2. The molecule has 126 valence electrons. The van der Waals surface area contributed by atoms with Crippen LogP contribution in [0.25, 0.3) is 10.9 Å². The molecule has 0 saturated heterocycles. The molecule has 2 aromatic carbocycles. The summed E-state index contributed by atoms with van der Waals surface area (Å²) in [4.78, 5) is 12.7. The molecule has 0 aliphatic heterocycles. The molecular formula is C19H14BrClN2O2. The average molecular weight is 418 g/mol. The molecule has 1 heterocycles. The van der Waals surface area contributed by atoms with Crippen LogP contribution < -0.4 is 4.74 Å². The second kappa shape index (κ2) is 7.73. The summed E-state index contributed by atoms with van der Waals surface area (Å²) in [5.74, 6) is 0.444. The average Bonchev–Trinajstić information content (AvgIpc) is 2.98. The number of rotatable bonds is 6. The molecule has 0 radical (unpaired) electrons. The Morgan fingerprint density at radius 3 is 2.84 bits per heavy atom. The first-order valence-corrected chi connectivity index (χ1v) is 8.83. The number of para-hydroxylation sites is 1. The van der Waals surface area contributed by atoms with Crippen LogP contribution in [0.5, 0.6) is 5.75 Å². The predicted octanol–water partition coefficient (Wildman–Crippen LogP) is 5.23. The Bertz CT molecular complexity index is 975. The Labute approximate surface area is 158 Å². The normalized spacial score (nSPS) is 10.6. The van der Waals surface area contributed by atoms with Gasteiger partial charge < -0.3 is 9.30 Å². The van der Waals surface area contributed by atoms with E-state index in [9.17, 15) is 4.79 Å². The summed E-state index contributed by atoms with van der Waals surface area (Å²) in [5, 5.41) is 10.3. The first-order chi connectivity index (χ1) is 12.1. The highest BCUT2D eigenvalue weighted by atomic mass is 79.9. The Hall–Kier alpha value is -2.29. The number of ether oxygens (including phenoxy) is 1. The Balaban J connectivity index is 1.83. The fourth-order valence-electron chi connectivity index (χ4n) is 2.64. The standard InChI is InChI=1S/C19H14BrClN2O2/c20-16-10-13(21)6-7-19(16)25-12-18(24)15-11-23(9-3-8-22)17-5-2-1-4-14(15)17/h1-2,4-7,10-11H,3,9,12H2. The van der Waals surface area contributed by atoms with E-state index < -0.39 is 0 Å². The smallest absolute Gasteiger partial charge is 0.202 e. The third kappa shape index (κ3) is 3.87. The van der Waals surface area contributed by atoms with Crippen LogP contribution in [0.15, 0.2) is 53.1 Å². The van der Waals surface area contributed by atoms with Crippen LogP contribution >= 0.6 is 27.5 Å². The molecule has 3 aromatic rings. The number of nitriles is 1. The van der Waals surface area contributed by atoms with Crippen LogP contribution in [0.2, 0.25) is 5.02 Å². The van der Waals surface area contributed by atoms with Gasteiger partial charge in [-0.1, -0.05) is 29.8 Å². The maximum atomic E-state index is 12.7. The number of aromatic nitrogens is 1. The number of aryl methyl sites for hydroxylation is 1. The summed E-state index contributed by atoms with van der Waals surface area (Å²) in [6.45, 7) is 0.473. The molecule has 6 heteroatoms. The first kappa shape index (κ1) is 17.5. The van der Waals surface area contributed by atoms with Gasteiger partial charge in [-0.15, -0.1) is 0 Å². The second-order valence-electron chi connectivity index (χ2n) is 5.45. The predicted molar refractivity (Wildman–Crippen MR) is 101 cm³/mol. The van der Waals surface area contributed by atoms with Crippen LogP contribution in [-0.4, -0.2) is 17.0 Å². The number of hydrogen-bond acceptors (Lipinski definition) is 3. The lowest BCUT2D eigenvalue weighted by Crippen LogP contribution is -2.11. The minimum Gasteiger partial charge on any atom is -0.484 e. The molecule has 0 N–H and O–H groups in total.